The van der Waals surface area contributed by atoms with Crippen LogP contribution >= 0.6 is 0 Å². The Morgan fingerprint density at radius 3 is 2.78 bits per heavy atom. The Morgan fingerprint density at radius 1 is 1.50 bits per heavy atom. The predicted molar refractivity (Wildman–Crippen MR) is 63.7 cm³/mol. The molecule has 1 unspecified atom stereocenters. The lowest BCUT2D eigenvalue weighted by molar-refractivity contribution is 0.407. The van der Waals surface area contributed by atoms with Gasteiger partial charge in [0.05, 0.1) is 0 Å². The topological polar surface area (TPSA) is 61.2 Å². The monoisotopic (exact) mass is 268 g/mol. The second kappa shape index (κ2) is 4.67. The van der Waals surface area contributed by atoms with Gasteiger partial charge in [0.25, 0.3) is 0 Å². The van der Waals surface area contributed by atoms with E-state index in [0.29, 0.717) is 6.54 Å². The highest BCUT2D eigenvalue weighted by Crippen LogP contribution is 2.28. The zero-order valence-corrected chi connectivity index (χ0v) is 10.7. The zero-order chi connectivity index (χ0) is 13.3. The molecule has 96 valence electrons. The summed E-state index contributed by atoms with van der Waals surface area (Å²) in [7, 11) is -3.78. The molecule has 0 spiro atoms. The number of hydrogen-bond acceptors (Lipinski definition) is 3. The molecule has 0 aliphatic carbocycles. The Bertz CT molecular complexity index is 607. The smallest absolute Gasteiger partial charge is 0.207 e. The van der Waals surface area contributed by atoms with Crippen LogP contribution in [0.15, 0.2) is 23.1 Å². The fourth-order valence-electron chi connectivity index (χ4n) is 2.22. The van der Waals surface area contributed by atoms with E-state index in [2.05, 4.69) is 0 Å². The zero-order valence-electron chi connectivity index (χ0n) is 9.93. The van der Waals surface area contributed by atoms with Gasteiger partial charge in [0, 0.05) is 12.6 Å². The number of halogens is 1. The maximum Gasteiger partial charge on any atom is 0.244 e. The average molecular weight is 268 g/mol. The summed E-state index contributed by atoms with van der Waals surface area (Å²) in [6, 6.07) is 5.20. The summed E-state index contributed by atoms with van der Waals surface area (Å²) in [5.74, 6) is -0.801. The van der Waals surface area contributed by atoms with Gasteiger partial charge >= 0.3 is 0 Å². The molecule has 0 amide bonds. The third kappa shape index (κ3) is 2.00. The third-order valence-corrected chi connectivity index (χ3v) is 5.22. The van der Waals surface area contributed by atoms with Crippen LogP contribution in [-0.4, -0.2) is 25.3 Å². The fraction of sp³-hybridized carbons (Fsp3) is 0.417. The quantitative estimate of drug-likeness (QED) is 0.822. The largest absolute Gasteiger partial charge is 0.244 e. The van der Waals surface area contributed by atoms with Gasteiger partial charge in [-0.25, -0.2) is 12.8 Å². The van der Waals surface area contributed by atoms with Crippen LogP contribution < -0.4 is 0 Å². The SMILES string of the molecule is CC1CCCN1S(=O)(=O)c1cccc(F)c1C#N. The van der Waals surface area contributed by atoms with Crippen LogP contribution in [-0.2, 0) is 10.0 Å². The molecule has 18 heavy (non-hydrogen) atoms. The first kappa shape index (κ1) is 13.0. The van der Waals surface area contributed by atoms with Gasteiger partial charge in [-0.3, -0.25) is 0 Å². The molecule has 1 aromatic carbocycles. The molecule has 1 atom stereocenters. The van der Waals surface area contributed by atoms with Gasteiger partial charge in [-0.15, -0.1) is 0 Å². The van der Waals surface area contributed by atoms with Crippen LogP contribution in [0.3, 0.4) is 0 Å². The minimum absolute atomic E-state index is 0.107. The van der Waals surface area contributed by atoms with Crippen LogP contribution in [0.5, 0.6) is 0 Å². The van der Waals surface area contributed by atoms with Crippen molar-refractivity contribution in [1.29, 1.82) is 5.26 Å². The molecule has 1 aliphatic rings. The lowest BCUT2D eigenvalue weighted by Gasteiger charge is -2.21. The molecule has 0 saturated carbocycles. The van der Waals surface area contributed by atoms with E-state index in [1.54, 1.807) is 6.07 Å². The number of benzene rings is 1. The van der Waals surface area contributed by atoms with Crippen LogP contribution in [0.2, 0.25) is 0 Å². The highest BCUT2D eigenvalue weighted by molar-refractivity contribution is 7.89. The fourth-order valence-corrected chi connectivity index (χ4v) is 4.07. The lowest BCUT2D eigenvalue weighted by atomic mass is 10.2. The minimum Gasteiger partial charge on any atom is -0.207 e. The summed E-state index contributed by atoms with van der Waals surface area (Å²) in [4.78, 5) is -0.237. The lowest BCUT2D eigenvalue weighted by Crippen LogP contribution is -2.34. The highest BCUT2D eigenvalue weighted by atomic mass is 32.2. The molecule has 1 aliphatic heterocycles. The summed E-state index contributed by atoms with van der Waals surface area (Å²) >= 11 is 0. The molecule has 6 heteroatoms. The van der Waals surface area contributed by atoms with Crippen molar-refractivity contribution >= 4 is 10.0 Å². The van der Waals surface area contributed by atoms with Gasteiger partial charge in [-0.1, -0.05) is 6.07 Å². The average Bonchev–Trinajstić information content (AvgIpc) is 2.75. The van der Waals surface area contributed by atoms with Crippen LogP contribution in [0.25, 0.3) is 0 Å². The van der Waals surface area contributed by atoms with Crippen LogP contribution in [0, 0.1) is 17.1 Å². The van der Waals surface area contributed by atoms with Gasteiger partial charge < -0.3 is 0 Å². The molecule has 1 saturated heterocycles. The molecular weight excluding hydrogens is 255 g/mol. The first-order valence-electron chi connectivity index (χ1n) is 5.69. The van der Waals surface area contributed by atoms with Crippen molar-refractivity contribution in [3.05, 3.63) is 29.6 Å². The Morgan fingerprint density at radius 2 is 2.22 bits per heavy atom. The molecule has 1 heterocycles. The summed E-state index contributed by atoms with van der Waals surface area (Å²) in [6.45, 7) is 2.24. The molecule has 2 rings (SSSR count). The maximum atomic E-state index is 13.5. The van der Waals surface area contributed by atoms with E-state index in [1.807, 2.05) is 6.92 Å². The highest BCUT2D eigenvalue weighted by Gasteiger charge is 2.34. The van der Waals surface area contributed by atoms with Crippen molar-refractivity contribution < 1.29 is 12.8 Å². The van der Waals surface area contributed by atoms with Gasteiger partial charge in [0.1, 0.15) is 22.3 Å². The van der Waals surface area contributed by atoms with E-state index in [-0.39, 0.29) is 10.9 Å². The van der Waals surface area contributed by atoms with E-state index in [0.717, 1.165) is 18.9 Å². The Balaban J connectivity index is 2.55. The van der Waals surface area contributed by atoms with Crippen molar-refractivity contribution in [1.82, 2.24) is 4.31 Å². The van der Waals surface area contributed by atoms with Gasteiger partial charge in [0.2, 0.25) is 10.0 Å². The van der Waals surface area contributed by atoms with Crippen molar-refractivity contribution in [2.75, 3.05) is 6.54 Å². The standard InChI is InChI=1S/C12H13FN2O2S/c1-9-4-3-7-15(9)18(16,17)12-6-2-5-11(13)10(12)8-14/h2,5-6,9H,3-4,7H2,1H3. The Kier molecular flexibility index (Phi) is 3.37. The van der Waals surface area contributed by atoms with Crippen LogP contribution in [0.1, 0.15) is 25.3 Å². The molecule has 0 N–H and O–H groups in total. The third-order valence-electron chi connectivity index (χ3n) is 3.17. The van der Waals surface area contributed by atoms with Gasteiger partial charge in [-0.05, 0) is 31.9 Å². The van der Waals surface area contributed by atoms with E-state index in [1.165, 1.54) is 16.4 Å². The molecular formula is C12H13FN2O2S. The molecule has 1 aromatic rings. The first-order chi connectivity index (χ1) is 8.48. The summed E-state index contributed by atoms with van der Waals surface area (Å²) in [5.41, 5.74) is -0.406. The Hall–Kier alpha value is -1.45. The second-order valence-electron chi connectivity index (χ2n) is 4.33. The van der Waals surface area contributed by atoms with Crippen molar-refractivity contribution in [2.45, 2.75) is 30.7 Å². The van der Waals surface area contributed by atoms with Crippen molar-refractivity contribution in [2.24, 2.45) is 0 Å². The molecule has 1 fully saturated rings. The number of hydrogen-bond donors (Lipinski definition) is 0. The van der Waals surface area contributed by atoms with E-state index in [4.69, 9.17) is 5.26 Å². The molecule has 0 aromatic heterocycles. The van der Waals surface area contributed by atoms with Crippen molar-refractivity contribution in [3.63, 3.8) is 0 Å². The molecule has 4 nitrogen and oxygen atoms in total. The van der Waals surface area contributed by atoms with Gasteiger partial charge in [-0.2, -0.15) is 9.57 Å². The minimum atomic E-state index is -3.78. The van der Waals surface area contributed by atoms with Gasteiger partial charge in [0.15, 0.2) is 0 Å². The summed E-state index contributed by atoms with van der Waals surface area (Å²) in [6.07, 6.45) is 1.58. The van der Waals surface area contributed by atoms with Crippen molar-refractivity contribution in [3.8, 4) is 6.07 Å². The number of nitriles is 1. The van der Waals surface area contributed by atoms with E-state index in [9.17, 15) is 12.8 Å². The molecule has 0 radical (unpaired) electrons. The molecule has 0 bridgehead atoms. The summed E-state index contributed by atoms with van der Waals surface area (Å²) in [5, 5.41) is 8.90. The number of nitrogens with zero attached hydrogens (tertiary/aromatic N) is 2. The number of rotatable bonds is 2. The normalized spacial score (nSPS) is 20.8. The Labute approximate surface area is 106 Å². The second-order valence-corrected chi connectivity index (χ2v) is 6.19. The first-order valence-corrected chi connectivity index (χ1v) is 7.13. The maximum absolute atomic E-state index is 13.5. The van der Waals surface area contributed by atoms with E-state index < -0.39 is 21.4 Å². The summed E-state index contributed by atoms with van der Waals surface area (Å²) < 4.78 is 39.6. The van der Waals surface area contributed by atoms with Crippen LogP contribution in [0.4, 0.5) is 4.39 Å². The predicted octanol–water partition coefficient (Wildman–Crippen LogP) is 1.87. The number of sulfonamides is 1. The van der Waals surface area contributed by atoms with E-state index >= 15 is 0 Å².